The molecule has 0 spiro atoms. The Labute approximate surface area is 121 Å². The van der Waals surface area contributed by atoms with E-state index in [9.17, 15) is 9.18 Å². The number of hydrogen-bond donors (Lipinski definition) is 1. The van der Waals surface area contributed by atoms with Gasteiger partial charge in [-0.2, -0.15) is 0 Å². The first-order valence-electron chi connectivity index (χ1n) is 6.29. The van der Waals surface area contributed by atoms with Gasteiger partial charge in [0, 0.05) is 10.9 Å². The zero-order valence-electron chi connectivity index (χ0n) is 11.4. The lowest BCUT2D eigenvalue weighted by molar-refractivity contribution is 0.0461. The summed E-state index contributed by atoms with van der Waals surface area (Å²) in [6, 6.07) is 5.95. The maximum Gasteiger partial charge on any atom is 0.341 e. The number of hydrogen-bond acceptors (Lipinski definition) is 4. The molecule has 0 saturated carbocycles. The Morgan fingerprint density at radius 1 is 1.35 bits per heavy atom. The minimum absolute atomic E-state index is 0.257. The van der Waals surface area contributed by atoms with Crippen LogP contribution in [-0.2, 0) is 4.74 Å². The second-order valence-electron chi connectivity index (χ2n) is 4.89. The fourth-order valence-electron chi connectivity index (χ4n) is 1.74. The third-order valence-electron chi connectivity index (χ3n) is 2.73. The van der Waals surface area contributed by atoms with E-state index in [4.69, 9.17) is 10.5 Å². The number of carbonyl (C=O) groups is 1. The van der Waals surface area contributed by atoms with E-state index in [-0.39, 0.29) is 11.7 Å². The molecular weight excluding hydrogens is 277 g/mol. The van der Waals surface area contributed by atoms with Crippen molar-refractivity contribution in [3.8, 4) is 11.1 Å². The van der Waals surface area contributed by atoms with Crippen molar-refractivity contribution in [2.45, 2.75) is 13.8 Å². The molecule has 0 atom stereocenters. The molecular formula is C15H16FNO2S. The summed E-state index contributed by atoms with van der Waals surface area (Å²) in [7, 11) is 0. The molecule has 106 valence electrons. The molecule has 1 heterocycles. The van der Waals surface area contributed by atoms with Gasteiger partial charge in [-0.1, -0.05) is 26.0 Å². The standard InChI is InChI=1S/C15H16FNO2S/c1-9(2)7-19-15(18)13-12(8-20-14(13)17)10-3-5-11(16)6-4-10/h3-6,8-9H,7,17H2,1-2H3. The second kappa shape index (κ2) is 6.05. The van der Waals surface area contributed by atoms with Crippen LogP contribution in [-0.4, -0.2) is 12.6 Å². The van der Waals surface area contributed by atoms with Crippen LogP contribution >= 0.6 is 11.3 Å². The molecule has 0 radical (unpaired) electrons. The van der Waals surface area contributed by atoms with Gasteiger partial charge in [0.15, 0.2) is 0 Å². The molecule has 20 heavy (non-hydrogen) atoms. The van der Waals surface area contributed by atoms with Gasteiger partial charge in [0.05, 0.1) is 6.61 Å². The van der Waals surface area contributed by atoms with Crippen LogP contribution < -0.4 is 5.73 Å². The number of halogens is 1. The number of nitrogens with two attached hydrogens (primary N) is 1. The zero-order chi connectivity index (χ0) is 14.7. The van der Waals surface area contributed by atoms with Gasteiger partial charge >= 0.3 is 5.97 Å². The van der Waals surface area contributed by atoms with E-state index in [2.05, 4.69) is 0 Å². The van der Waals surface area contributed by atoms with Crippen LogP contribution in [0.4, 0.5) is 9.39 Å². The highest BCUT2D eigenvalue weighted by Crippen LogP contribution is 2.34. The normalized spacial score (nSPS) is 10.8. The van der Waals surface area contributed by atoms with E-state index < -0.39 is 5.97 Å². The molecule has 0 saturated heterocycles. The average molecular weight is 293 g/mol. The third kappa shape index (κ3) is 3.17. The second-order valence-corrected chi connectivity index (χ2v) is 5.80. The lowest BCUT2D eigenvalue weighted by Gasteiger charge is -2.09. The Hall–Kier alpha value is -1.88. The molecule has 0 unspecified atom stereocenters. The highest BCUT2D eigenvalue weighted by Gasteiger charge is 2.20. The summed E-state index contributed by atoms with van der Waals surface area (Å²) in [6.45, 7) is 4.27. The minimum Gasteiger partial charge on any atom is -0.462 e. The quantitative estimate of drug-likeness (QED) is 0.868. The van der Waals surface area contributed by atoms with E-state index >= 15 is 0 Å². The summed E-state index contributed by atoms with van der Waals surface area (Å²) in [5.41, 5.74) is 7.65. The predicted molar refractivity (Wildman–Crippen MR) is 79.2 cm³/mol. The smallest absolute Gasteiger partial charge is 0.341 e. The van der Waals surface area contributed by atoms with Gasteiger partial charge in [-0.15, -0.1) is 11.3 Å². The Balaban J connectivity index is 2.32. The number of rotatable bonds is 4. The fourth-order valence-corrected chi connectivity index (χ4v) is 2.55. The van der Waals surface area contributed by atoms with E-state index in [1.807, 2.05) is 13.8 Å². The van der Waals surface area contributed by atoms with Gasteiger partial charge in [0.2, 0.25) is 0 Å². The largest absolute Gasteiger partial charge is 0.462 e. The Bertz CT molecular complexity index is 605. The van der Waals surface area contributed by atoms with Crippen molar-refractivity contribution in [1.29, 1.82) is 0 Å². The molecule has 2 aromatic rings. The van der Waals surface area contributed by atoms with Crippen LogP contribution in [0.5, 0.6) is 0 Å². The highest BCUT2D eigenvalue weighted by molar-refractivity contribution is 7.14. The lowest BCUT2D eigenvalue weighted by atomic mass is 10.0. The Morgan fingerprint density at radius 3 is 2.60 bits per heavy atom. The van der Waals surface area contributed by atoms with E-state index in [0.29, 0.717) is 22.7 Å². The van der Waals surface area contributed by atoms with Crippen LogP contribution in [0, 0.1) is 11.7 Å². The molecule has 1 aromatic carbocycles. The molecule has 3 nitrogen and oxygen atoms in total. The maximum atomic E-state index is 13.0. The minimum atomic E-state index is -0.434. The first-order valence-corrected chi connectivity index (χ1v) is 7.17. The van der Waals surface area contributed by atoms with Crippen molar-refractivity contribution in [1.82, 2.24) is 0 Å². The van der Waals surface area contributed by atoms with E-state index in [1.54, 1.807) is 17.5 Å². The molecule has 2 N–H and O–H groups in total. The summed E-state index contributed by atoms with van der Waals surface area (Å²) in [4.78, 5) is 12.1. The number of nitrogen functional groups attached to an aromatic ring is 1. The summed E-state index contributed by atoms with van der Waals surface area (Å²) < 4.78 is 18.2. The van der Waals surface area contributed by atoms with Gasteiger partial charge in [-0.3, -0.25) is 0 Å². The number of carbonyl (C=O) groups excluding carboxylic acids is 1. The summed E-state index contributed by atoms with van der Waals surface area (Å²) in [5, 5.41) is 2.20. The predicted octanol–water partition coefficient (Wildman–Crippen LogP) is 3.95. The summed E-state index contributed by atoms with van der Waals surface area (Å²) in [6.07, 6.45) is 0. The molecule has 0 aliphatic carbocycles. The fraction of sp³-hybridized carbons (Fsp3) is 0.267. The first-order chi connectivity index (χ1) is 9.49. The third-order valence-corrected chi connectivity index (χ3v) is 3.54. The summed E-state index contributed by atoms with van der Waals surface area (Å²) >= 11 is 1.28. The van der Waals surface area contributed by atoms with Gasteiger partial charge in [0.25, 0.3) is 0 Å². The Morgan fingerprint density at radius 2 is 2.00 bits per heavy atom. The Kier molecular flexibility index (Phi) is 4.39. The maximum absolute atomic E-state index is 13.0. The number of esters is 1. The molecule has 0 bridgehead atoms. The molecule has 1 aromatic heterocycles. The van der Waals surface area contributed by atoms with E-state index in [0.717, 1.165) is 5.56 Å². The number of benzene rings is 1. The molecule has 0 amide bonds. The zero-order valence-corrected chi connectivity index (χ0v) is 12.2. The topological polar surface area (TPSA) is 52.3 Å². The summed E-state index contributed by atoms with van der Waals surface area (Å²) in [5.74, 6) is -0.495. The van der Waals surface area contributed by atoms with Gasteiger partial charge in [-0.05, 0) is 23.6 Å². The van der Waals surface area contributed by atoms with Crippen molar-refractivity contribution in [2.24, 2.45) is 5.92 Å². The van der Waals surface area contributed by atoms with Crippen LogP contribution in [0.2, 0.25) is 0 Å². The molecule has 2 rings (SSSR count). The van der Waals surface area contributed by atoms with Crippen molar-refractivity contribution < 1.29 is 13.9 Å². The van der Waals surface area contributed by atoms with E-state index in [1.165, 1.54) is 23.5 Å². The van der Waals surface area contributed by atoms with Crippen LogP contribution in [0.3, 0.4) is 0 Å². The van der Waals surface area contributed by atoms with Gasteiger partial charge in [-0.25, -0.2) is 9.18 Å². The highest BCUT2D eigenvalue weighted by atomic mass is 32.1. The monoisotopic (exact) mass is 293 g/mol. The molecule has 0 aliphatic rings. The SMILES string of the molecule is CC(C)COC(=O)c1c(-c2ccc(F)cc2)csc1N. The van der Waals surface area contributed by atoms with Crippen molar-refractivity contribution in [3.05, 3.63) is 41.0 Å². The van der Waals surface area contributed by atoms with Crippen LogP contribution in [0.25, 0.3) is 11.1 Å². The molecule has 0 fully saturated rings. The van der Waals surface area contributed by atoms with Crippen molar-refractivity contribution >= 4 is 22.3 Å². The van der Waals surface area contributed by atoms with Gasteiger partial charge < -0.3 is 10.5 Å². The lowest BCUT2D eigenvalue weighted by Crippen LogP contribution is -2.11. The number of ether oxygens (including phenoxy) is 1. The number of thiophene rings is 1. The van der Waals surface area contributed by atoms with Crippen LogP contribution in [0.1, 0.15) is 24.2 Å². The van der Waals surface area contributed by atoms with Gasteiger partial charge in [0.1, 0.15) is 16.4 Å². The molecule has 5 heteroatoms. The van der Waals surface area contributed by atoms with Crippen LogP contribution in [0.15, 0.2) is 29.6 Å². The molecule has 0 aliphatic heterocycles. The number of anilines is 1. The van der Waals surface area contributed by atoms with Crippen molar-refractivity contribution in [3.63, 3.8) is 0 Å². The van der Waals surface area contributed by atoms with Crippen molar-refractivity contribution in [2.75, 3.05) is 12.3 Å². The average Bonchev–Trinajstić information content (AvgIpc) is 2.79. The first kappa shape index (κ1) is 14.5.